The number of hydrogen-bond donors (Lipinski definition) is 2. The van der Waals surface area contributed by atoms with E-state index >= 15 is 0 Å². The lowest BCUT2D eigenvalue weighted by Gasteiger charge is -2.10. The lowest BCUT2D eigenvalue weighted by atomic mass is 10.1. The molecule has 0 spiro atoms. The van der Waals surface area contributed by atoms with Gasteiger partial charge in [0.25, 0.3) is 5.91 Å². The van der Waals surface area contributed by atoms with Crippen molar-refractivity contribution in [3.8, 4) is 0 Å². The summed E-state index contributed by atoms with van der Waals surface area (Å²) in [5, 5.41) is 2.91. The molecular weight excluding hydrogens is 258 g/mol. The van der Waals surface area contributed by atoms with E-state index in [1.165, 1.54) is 0 Å². The Bertz CT molecular complexity index is 446. The van der Waals surface area contributed by atoms with Gasteiger partial charge in [-0.2, -0.15) is 0 Å². The van der Waals surface area contributed by atoms with Crippen LogP contribution in [0.1, 0.15) is 22.3 Å². The lowest BCUT2D eigenvalue weighted by Crippen LogP contribution is -2.27. The Balaban J connectivity index is 2.50. The van der Waals surface area contributed by atoms with E-state index < -0.39 is 0 Å². The lowest BCUT2D eigenvalue weighted by molar-refractivity contribution is 0.0952. The molecule has 0 bridgehead atoms. The number of nitrogens with two attached hydrogens (primary N) is 1. The maximum atomic E-state index is 11.9. The van der Waals surface area contributed by atoms with Crippen molar-refractivity contribution in [2.45, 2.75) is 12.8 Å². The van der Waals surface area contributed by atoms with E-state index in [9.17, 15) is 4.79 Å². The smallest absolute Gasteiger partial charge is 0.251 e. The maximum Gasteiger partial charge on any atom is 0.251 e. The van der Waals surface area contributed by atoms with Crippen LogP contribution < -0.4 is 11.1 Å². The highest BCUT2D eigenvalue weighted by atomic mass is 32.1. The van der Waals surface area contributed by atoms with Crippen LogP contribution in [0.2, 0.25) is 0 Å². The number of nitrogens with zero attached hydrogens (tertiary/aromatic N) is 1. The highest BCUT2D eigenvalue weighted by Crippen LogP contribution is 2.06. The first-order chi connectivity index (χ1) is 8.99. The van der Waals surface area contributed by atoms with Gasteiger partial charge in [0, 0.05) is 18.5 Å². The molecule has 0 unspecified atom stereocenters. The SMILES string of the molecule is CN(C)CCCNC(=O)c1cccc(CC(N)=S)c1. The Kier molecular flexibility index (Phi) is 6.45. The molecule has 0 saturated heterocycles. The molecule has 104 valence electrons. The fourth-order valence-electron chi connectivity index (χ4n) is 1.72. The average molecular weight is 279 g/mol. The van der Waals surface area contributed by atoms with Crippen LogP contribution in [0.4, 0.5) is 0 Å². The molecule has 1 aromatic rings. The highest BCUT2D eigenvalue weighted by molar-refractivity contribution is 7.80. The minimum Gasteiger partial charge on any atom is -0.393 e. The van der Waals surface area contributed by atoms with Crippen LogP contribution >= 0.6 is 12.2 Å². The zero-order valence-corrected chi connectivity index (χ0v) is 12.3. The third-order valence-corrected chi connectivity index (χ3v) is 2.78. The van der Waals surface area contributed by atoms with E-state index in [4.69, 9.17) is 18.0 Å². The largest absolute Gasteiger partial charge is 0.393 e. The minimum absolute atomic E-state index is 0.0523. The van der Waals surface area contributed by atoms with Gasteiger partial charge in [0.1, 0.15) is 0 Å². The van der Waals surface area contributed by atoms with Crippen molar-refractivity contribution in [1.82, 2.24) is 10.2 Å². The first-order valence-electron chi connectivity index (χ1n) is 6.29. The second-order valence-corrected chi connectivity index (χ2v) is 5.28. The molecule has 1 rings (SSSR count). The number of thiocarbonyl (C=S) groups is 1. The van der Waals surface area contributed by atoms with Gasteiger partial charge in [-0.3, -0.25) is 4.79 Å². The molecule has 0 aliphatic heterocycles. The zero-order valence-electron chi connectivity index (χ0n) is 11.5. The summed E-state index contributed by atoms with van der Waals surface area (Å²) in [6.07, 6.45) is 1.46. The summed E-state index contributed by atoms with van der Waals surface area (Å²) in [5.74, 6) is -0.0523. The molecule has 0 heterocycles. The Morgan fingerprint density at radius 2 is 2.16 bits per heavy atom. The summed E-state index contributed by atoms with van der Waals surface area (Å²) in [5.41, 5.74) is 7.12. The van der Waals surface area contributed by atoms with Crippen molar-refractivity contribution < 1.29 is 4.79 Å². The molecule has 1 amide bonds. The van der Waals surface area contributed by atoms with Crippen LogP contribution in [0.25, 0.3) is 0 Å². The van der Waals surface area contributed by atoms with Crippen molar-refractivity contribution in [2.24, 2.45) is 5.73 Å². The molecule has 0 aromatic heterocycles. The average Bonchev–Trinajstić information content (AvgIpc) is 2.33. The molecule has 0 fully saturated rings. The number of carbonyl (C=O) groups excluding carboxylic acids is 1. The van der Waals surface area contributed by atoms with Crippen LogP contribution in [-0.4, -0.2) is 43.0 Å². The summed E-state index contributed by atoms with van der Waals surface area (Å²) in [6.45, 7) is 1.64. The van der Waals surface area contributed by atoms with Gasteiger partial charge in [-0.25, -0.2) is 0 Å². The van der Waals surface area contributed by atoms with E-state index in [0.29, 0.717) is 23.5 Å². The van der Waals surface area contributed by atoms with Crippen molar-refractivity contribution in [1.29, 1.82) is 0 Å². The third kappa shape index (κ3) is 6.31. The number of rotatable bonds is 7. The van der Waals surface area contributed by atoms with Gasteiger partial charge >= 0.3 is 0 Å². The van der Waals surface area contributed by atoms with Crippen LogP contribution in [0, 0.1) is 0 Å². The molecule has 5 heteroatoms. The summed E-state index contributed by atoms with van der Waals surface area (Å²) < 4.78 is 0. The molecule has 4 nitrogen and oxygen atoms in total. The van der Waals surface area contributed by atoms with Crippen molar-refractivity contribution in [3.05, 3.63) is 35.4 Å². The third-order valence-electron chi connectivity index (χ3n) is 2.64. The quantitative estimate of drug-likeness (QED) is 0.581. The van der Waals surface area contributed by atoms with E-state index in [1.807, 2.05) is 32.3 Å². The van der Waals surface area contributed by atoms with E-state index in [2.05, 4.69) is 10.2 Å². The number of hydrogen-bond acceptors (Lipinski definition) is 3. The fourth-order valence-corrected chi connectivity index (χ4v) is 1.89. The van der Waals surface area contributed by atoms with Gasteiger partial charge in [0.05, 0.1) is 4.99 Å². The first kappa shape index (κ1) is 15.6. The van der Waals surface area contributed by atoms with Crippen LogP contribution in [0.15, 0.2) is 24.3 Å². The van der Waals surface area contributed by atoms with Gasteiger partial charge in [-0.05, 0) is 44.8 Å². The Hall–Kier alpha value is -1.46. The molecule has 0 atom stereocenters. The van der Waals surface area contributed by atoms with E-state index in [0.717, 1.165) is 18.5 Å². The zero-order chi connectivity index (χ0) is 14.3. The Labute approximate surface area is 120 Å². The predicted molar refractivity (Wildman–Crippen MR) is 82.4 cm³/mol. The van der Waals surface area contributed by atoms with Gasteiger partial charge in [-0.1, -0.05) is 24.4 Å². The normalized spacial score (nSPS) is 10.5. The summed E-state index contributed by atoms with van der Waals surface area (Å²) in [6, 6.07) is 7.40. The number of amides is 1. The van der Waals surface area contributed by atoms with Gasteiger partial charge in [0.2, 0.25) is 0 Å². The van der Waals surface area contributed by atoms with Crippen molar-refractivity contribution in [3.63, 3.8) is 0 Å². The molecule has 0 radical (unpaired) electrons. The predicted octanol–water partition coefficient (Wildman–Crippen LogP) is 1.20. The molecule has 0 saturated carbocycles. The fraction of sp³-hybridized carbons (Fsp3) is 0.429. The Morgan fingerprint density at radius 1 is 1.42 bits per heavy atom. The second-order valence-electron chi connectivity index (χ2n) is 4.76. The van der Waals surface area contributed by atoms with Gasteiger partial charge in [-0.15, -0.1) is 0 Å². The number of benzene rings is 1. The minimum atomic E-state index is -0.0523. The van der Waals surface area contributed by atoms with Crippen LogP contribution in [0.3, 0.4) is 0 Å². The summed E-state index contributed by atoms with van der Waals surface area (Å²) in [7, 11) is 4.03. The highest BCUT2D eigenvalue weighted by Gasteiger charge is 2.06. The topological polar surface area (TPSA) is 58.4 Å². The van der Waals surface area contributed by atoms with Crippen molar-refractivity contribution >= 4 is 23.1 Å². The molecule has 3 N–H and O–H groups in total. The standard InChI is InChI=1S/C14H21N3OS/c1-17(2)8-4-7-16-14(18)12-6-3-5-11(9-12)10-13(15)19/h3,5-6,9H,4,7-8,10H2,1-2H3,(H2,15,19)(H,16,18). The monoisotopic (exact) mass is 279 g/mol. The van der Waals surface area contributed by atoms with E-state index in [1.54, 1.807) is 6.07 Å². The molecule has 0 aliphatic carbocycles. The first-order valence-corrected chi connectivity index (χ1v) is 6.70. The van der Waals surface area contributed by atoms with E-state index in [-0.39, 0.29) is 5.91 Å². The van der Waals surface area contributed by atoms with Crippen molar-refractivity contribution in [2.75, 3.05) is 27.2 Å². The van der Waals surface area contributed by atoms with Gasteiger partial charge < -0.3 is 16.0 Å². The molecule has 1 aromatic carbocycles. The molecule has 0 aliphatic rings. The maximum absolute atomic E-state index is 11.9. The summed E-state index contributed by atoms with van der Waals surface area (Å²) in [4.78, 5) is 14.5. The van der Waals surface area contributed by atoms with Crippen LogP contribution in [-0.2, 0) is 6.42 Å². The molecular formula is C14H21N3OS. The Morgan fingerprint density at radius 3 is 2.79 bits per heavy atom. The summed E-state index contributed by atoms with van der Waals surface area (Å²) >= 11 is 4.87. The number of carbonyl (C=O) groups is 1. The number of nitrogens with one attached hydrogen (secondary N) is 1. The van der Waals surface area contributed by atoms with Gasteiger partial charge in [0.15, 0.2) is 0 Å². The second kappa shape index (κ2) is 7.86. The van der Waals surface area contributed by atoms with Crippen LogP contribution in [0.5, 0.6) is 0 Å². The molecule has 19 heavy (non-hydrogen) atoms.